The molecule has 0 bridgehead atoms. The van der Waals surface area contributed by atoms with E-state index in [1.165, 1.54) is 6.07 Å². The van der Waals surface area contributed by atoms with E-state index >= 15 is 0 Å². The summed E-state index contributed by atoms with van der Waals surface area (Å²) in [5.41, 5.74) is 1.68. The zero-order valence-corrected chi connectivity index (χ0v) is 14.5. The van der Waals surface area contributed by atoms with Gasteiger partial charge in [0.25, 0.3) is 0 Å². The molecule has 27 heavy (non-hydrogen) atoms. The average Bonchev–Trinajstić information content (AvgIpc) is 3.17. The molecule has 0 saturated heterocycles. The van der Waals surface area contributed by atoms with Crippen molar-refractivity contribution in [3.63, 3.8) is 0 Å². The molecule has 0 aliphatic rings. The van der Waals surface area contributed by atoms with Crippen molar-refractivity contribution < 1.29 is 9.13 Å². The highest BCUT2D eigenvalue weighted by molar-refractivity contribution is 5.66. The summed E-state index contributed by atoms with van der Waals surface area (Å²) in [6, 6.07) is 13.9. The van der Waals surface area contributed by atoms with Crippen LogP contribution in [0.15, 0.2) is 67.1 Å². The van der Waals surface area contributed by atoms with Gasteiger partial charge in [-0.15, -0.1) is 0 Å². The Bertz CT molecular complexity index is 1030. The molecule has 0 spiro atoms. The van der Waals surface area contributed by atoms with Gasteiger partial charge in [0, 0.05) is 30.4 Å². The summed E-state index contributed by atoms with van der Waals surface area (Å²) in [5, 5.41) is 7.61. The van der Waals surface area contributed by atoms with Gasteiger partial charge in [-0.05, 0) is 30.7 Å². The van der Waals surface area contributed by atoms with E-state index in [1.807, 2.05) is 12.1 Å². The highest BCUT2D eigenvalue weighted by Crippen LogP contribution is 2.24. The Balaban J connectivity index is 1.46. The van der Waals surface area contributed by atoms with E-state index in [9.17, 15) is 4.39 Å². The predicted octanol–water partition coefficient (Wildman–Crippen LogP) is 3.81. The molecule has 4 aromatic rings. The standard InChI is InChI=1S/C20H18FN5O/c21-17-7-2-1-6-16(17)18-13-20(26-19(25-18)8-11-24-26)23-10-4-12-27-15-5-3-9-22-14-15/h1-3,5-9,11,13-14,23H,4,10,12H2. The van der Waals surface area contributed by atoms with Crippen LogP contribution in [0, 0.1) is 5.82 Å². The van der Waals surface area contributed by atoms with E-state index in [2.05, 4.69) is 20.4 Å². The minimum Gasteiger partial charge on any atom is -0.492 e. The third kappa shape index (κ3) is 3.87. The number of rotatable bonds is 7. The van der Waals surface area contributed by atoms with Crippen LogP contribution in [0.3, 0.4) is 0 Å². The van der Waals surface area contributed by atoms with Crippen molar-refractivity contribution in [1.82, 2.24) is 19.6 Å². The third-order valence-corrected chi connectivity index (χ3v) is 4.04. The highest BCUT2D eigenvalue weighted by Gasteiger charge is 2.11. The van der Waals surface area contributed by atoms with Crippen molar-refractivity contribution in [2.45, 2.75) is 6.42 Å². The van der Waals surface area contributed by atoms with E-state index in [0.29, 0.717) is 30.1 Å². The van der Waals surface area contributed by atoms with E-state index in [1.54, 1.807) is 53.4 Å². The van der Waals surface area contributed by atoms with Crippen LogP contribution in [0.2, 0.25) is 0 Å². The number of nitrogens with one attached hydrogen (secondary N) is 1. The van der Waals surface area contributed by atoms with Crippen molar-refractivity contribution in [3.8, 4) is 17.0 Å². The molecule has 0 saturated carbocycles. The first-order valence-electron chi connectivity index (χ1n) is 8.68. The fourth-order valence-electron chi connectivity index (χ4n) is 2.76. The molecule has 6 nitrogen and oxygen atoms in total. The lowest BCUT2D eigenvalue weighted by Crippen LogP contribution is -2.11. The van der Waals surface area contributed by atoms with Crippen LogP contribution in [0.5, 0.6) is 5.75 Å². The van der Waals surface area contributed by atoms with Gasteiger partial charge in [-0.3, -0.25) is 4.98 Å². The van der Waals surface area contributed by atoms with Gasteiger partial charge in [0.1, 0.15) is 17.4 Å². The highest BCUT2D eigenvalue weighted by atomic mass is 19.1. The summed E-state index contributed by atoms with van der Waals surface area (Å²) in [6.45, 7) is 1.24. The Morgan fingerprint density at radius 3 is 2.85 bits per heavy atom. The van der Waals surface area contributed by atoms with Crippen molar-refractivity contribution in [1.29, 1.82) is 0 Å². The van der Waals surface area contributed by atoms with Crippen molar-refractivity contribution in [2.75, 3.05) is 18.5 Å². The van der Waals surface area contributed by atoms with Crippen molar-refractivity contribution >= 4 is 11.5 Å². The molecule has 1 aromatic carbocycles. The first-order valence-corrected chi connectivity index (χ1v) is 8.68. The van der Waals surface area contributed by atoms with Crippen LogP contribution in [0.1, 0.15) is 6.42 Å². The summed E-state index contributed by atoms with van der Waals surface area (Å²) < 4.78 is 21.5. The number of fused-ring (bicyclic) bond motifs is 1. The summed E-state index contributed by atoms with van der Waals surface area (Å²) in [6.07, 6.45) is 5.85. The fraction of sp³-hybridized carbons (Fsp3) is 0.150. The number of halogens is 1. The molecule has 3 aromatic heterocycles. The average molecular weight is 363 g/mol. The number of pyridine rings is 1. The van der Waals surface area contributed by atoms with Crippen LogP contribution in [0.25, 0.3) is 16.9 Å². The second kappa shape index (κ2) is 7.82. The Labute approximate surface area is 155 Å². The van der Waals surface area contributed by atoms with Gasteiger partial charge >= 0.3 is 0 Å². The fourth-order valence-corrected chi connectivity index (χ4v) is 2.76. The van der Waals surface area contributed by atoms with Crippen LogP contribution in [-0.4, -0.2) is 32.7 Å². The van der Waals surface area contributed by atoms with Gasteiger partial charge in [0.05, 0.1) is 24.7 Å². The largest absolute Gasteiger partial charge is 0.492 e. The lowest BCUT2D eigenvalue weighted by atomic mass is 10.1. The molecule has 0 radical (unpaired) electrons. The monoisotopic (exact) mass is 363 g/mol. The summed E-state index contributed by atoms with van der Waals surface area (Å²) >= 11 is 0. The normalized spacial score (nSPS) is 10.9. The molecule has 0 aliphatic heterocycles. The van der Waals surface area contributed by atoms with Gasteiger partial charge < -0.3 is 10.1 Å². The molecule has 7 heteroatoms. The van der Waals surface area contributed by atoms with Gasteiger partial charge in [-0.25, -0.2) is 9.37 Å². The first kappa shape index (κ1) is 17.0. The van der Waals surface area contributed by atoms with Crippen LogP contribution < -0.4 is 10.1 Å². The molecular formula is C20H18FN5O. The number of aromatic nitrogens is 4. The molecule has 0 atom stereocenters. The topological polar surface area (TPSA) is 64.3 Å². The van der Waals surface area contributed by atoms with Gasteiger partial charge in [0.2, 0.25) is 0 Å². The van der Waals surface area contributed by atoms with E-state index in [4.69, 9.17) is 4.74 Å². The lowest BCUT2D eigenvalue weighted by Gasteiger charge is -2.11. The molecule has 3 heterocycles. The lowest BCUT2D eigenvalue weighted by molar-refractivity contribution is 0.313. The maximum atomic E-state index is 14.1. The Morgan fingerprint density at radius 2 is 2.00 bits per heavy atom. The zero-order valence-electron chi connectivity index (χ0n) is 14.5. The van der Waals surface area contributed by atoms with E-state index < -0.39 is 0 Å². The second-order valence-electron chi connectivity index (χ2n) is 5.93. The number of anilines is 1. The number of ether oxygens (including phenoxy) is 1. The van der Waals surface area contributed by atoms with Crippen LogP contribution >= 0.6 is 0 Å². The van der Waals surface area contributed by atoms with Gasteiger partial charge in [-0.2, -0.15) is 9.61 Å². The first-order chi connectivity index (χ1) is 13.3. The smallest absolute Gasteiger partial charge is 0.157 e. The Kier molecular flexibility index (Phi) is 4.91. The van der Waals surface area contributed by atoms with E-state index in [0.717, 1.165) is 18.0 Å². The summed E-state index contributed by atoms with van der Waals surface area (Å²) in [4.78, 5) is 8.52. The van der Waals surface area contributed by atoms with Gasteiger partial charge in [0.15, 0.2) is 5.65 Å². The summed E-state index contributed by atoms with van der Waals surface area (Å²) in [5.74, 6) is 1.20. The third-order valence-electron chi connectivity index (χ3n) is 4.04. The molecular weight excluding hydrogens is 345 g/mol. The summed E-state index contributed by atoms with van der Waals surface area (Å²) in [7, 11) is 0. The number of nitrogens with zero attached hydrogens (tertiary/aromatic N) is 4. The number of benzene rings is 1. The molecule has 136 valence electrons. The van der Waals surface area contributed by atoms with Crippen molar-refractivity contribution in [3.05, 3.63) is 72.9 Å². The zero-order chi connectivity index (χ0) is 18.5. The van der Waals surface area contributed by atoms with Crippen LogP contribution in [-0.2, 0) is 0 Å². The Hall–Kier alpha value is -3.48. The number of hydrogen-bond acceptors (Lipinski definition) is 5. The van der Waals surface area contributed by atoms with Crippen molar-refractivity contribution in [2.24, 2.45) is 0 Å². The molecule has 0 unspecified atom stereocenters. The van der Waals surface area contributed by atoms with E-state index in [-0.39, 0.29) is 5.82 Å². The second-order valence-corrected chi connectivity index (χ2v) is 5.93. The molecule has 4 rings (SSSR count). The molecule has 0 fully saturated rings. The molecule has 0 amide bonds. The minimum absolute atomic E-state index is 0.301. The quantitative estimate of drug-likeness (QED) is 0.506. The predicted molar refractivity (Wildman–Crippen MR) is 101 cm³/mol. The SMILES string of the molecule is Fc1ccccc1-c1cc(NCCCOc2cccnc2)n2nccc2n1. The molecule has 1 N–H and O–H groups in total. The van der Waals surface area contributed by atoms with Gasteiger partial charge in [-0.1, -0.05) is 12.1 Å². The number of hydrogen-bond donors (Lipinski definition) is 1. The Morgan fingerprint density at radius 1 is 1.07 bits per heavy atom. The maximum absolute atomic E-state index is 14.1. The molecule has 0 aliphatic carbocycles. The minimum atomic E-state index is -0.301. The van der Waals surface area contributed by atoms with Crippen LogP contribution in [0.4, 0.5) is 10.2 Å². The maximum Gasteiger partial charge on any atom is 0.157 e.